The van der Waals surface area contributed by atoms with Crippen molar-refractivity contribution in [2.24, 2.45) is 0 Å². The van der Waals surface area contributed by atoms with Crippen LogP contribution < -0.4 is 10.2 Å². The van der Waals surface area contributed by atoms with Gasteiger partial charge in [-0.25, -0.2) is 9.97 Å². The quantitative estimate of drug-likeness (QED) is 0.925. The van der Waals surface area contributed by atoms with Crippen LogP contribution in [0.15, 0.2) is 42.7 Å². The van der Waals surface area contributed by atoms with E-state index in [4.69, 9.17) is 0 Å². The Kier molecular flexibility index (Phi) is 3.33. The maximum absolute atomic E-state index is 12.4. The van der Waals surface area contributed by atoms with Gasteiger partial charge < -0.3 is 10.2 Å². The fraction of sp³-hybridized carbons (Fsp3) is 0.267. The van der Waals surface area contributed by atoms with E-state index in [9.17, 15) is 4.79 Å². The Bertz CT molecular complexity index is 597. The number of aryl methyl sites for hydroxylation is 1. The van der Waals surface area contributed by atoms with E-state index in [0.717, 1.165) is 12.1 Å². The molecule has 0 bridgehead atoms. The standard InChI is InChI=1S/C15H16N4O/c1-11-3-5-12(6-4-11)19-10-7-13(14(19)20)18-15-16-8-2-9-17-15/h2-6,8-9,13H,7,10H2,1H3,(H,16,17,18). The molecule has 5 nitrogen and oxygen atoms in total. The van der Waals surface area contributed by atoms with Crippen molar-refractivity contribution in [2.75, 3.05) is 16.8 Å². The Morgan fingerprint density at radius 1 is 1.20 bits per heavy atom. The lowest BCUT2D eigenvalue weighted by Crippen LogP contribution is -2.33. The summed E-state index contributed by atoms with van der Waals surface area (Å²) >= 11 is 0. The number of nitrogens with one attached hydrogen (secondary N) is 1. The number of nitrogens with zero attached hydrogens (tertiary/aromatic N) is 3. The molecule has 102 valence electrons. The third-order valence-electron chi connectivity index (χ3n) is 3.42. The molecule has 1 fully saturated rings. The molecule has 1 atom stereocenters. The van der Waals surface area contributed by atoms with Crippen LogP contribution in [0.4, 0.5) is 11.6 Å². The van der Waals surface area contributed by atoms with Gasteiger partial charge in [0.1, 0.15) is 6.04 Å². The molecule has 1 aromatic carbocycles. The number of anilines is 2. The van der Waals surface area contributed by atoms with Crippen LogP contribution in [0.5, 0.6) is 0 Å². The van der Waals surface area contributed by atoms with Crippen LogP contribution in [-0.4, -0.2) is 28.5 Å². The summed E-state index contributed by atoms with van der Waals surface area (Å²) in [4.78, 5) is 22.4. The zero-order chi connectivity index (χ0) is 13.9. The summed E-state index contributed by atoms with van der Waals surface area (Å²) in [6, 6.07) is 9.50. The van der Waals surface area contributed by atoms with Crippen LogP contribution in [0.2, 0.25) is 0 Å². The van der Waals surface area contributed by atoms with Gasteiger partial charge in [0, 0.05) is 24.6 Å². The summed E-state index contributed by atoms with van der Waals surface area (Å²) in [6.07, 6.45) is 4.07. The molecule has 1 unspecified atom stereocenters. The summed E-state index contributed by atoms with van der Waals surface area (Å²) in [7, 11) is 0. The number of benzene rings is 1. The lowest BCUT2D eigenvalue weighted by molar-refractivity contribution is -0.117. The lowest BCUT2D eigenvalue weighted by Gasteiger charge is -2.17. The first-order valence-corrected chi connectivity index (χ1v) is 6.65. The van der Waals surface area contributed by atoms with Crippen LogP contribution in [0, 0.1) is 6.92 Å². The van der Waals surface area contributed by atoms with Gasteiger partial charge in [0.05, 0.1) is 0 Å². The highest BCUT2D eigenvalue weighted by molar-refractivity contribution is 6.00. The van der Waals surface area contributed by atoms with Crippen molar-refractivity contribution in [3.05, 3.63) is 48.3 Å². The second kappa shape index (κ2) is 5.28. The summed E-state index contributed by atoms with van der Waals surface area (Å²) in [5.74, 6) is 0.568. The Morgan fingerprint density at radius 2 is 1.90 bits per heavy atom. The first kappa shape index (κ1) is 12.6. The van der Waals surface area contributed by atoms with Gasteiger partial charge in [0.2, 0.25) is 11.9 Å². The van der Waals surface area contributed by atoms with Gasteiger partial charge >= 0.3 is 0 Å². The van der Waals surface area contributed by atoms with E-state index in [1.807, 2.05) is 31.2 Å². The first-order chi connectivity index (χ1) is 9.74. The van der Waals surface area contributed by atoms with Gasteiger partial charge in [-0.3, -0.25) is 4.79 Å². The minimum atomic E-state index is -0.251. The highest BCUT2D eigenvalue weighted by atomic mass is 16.2. The van der Waals surface area contributed by atoms with E-state index >= 15 is 0 Å². The normalized spacial score (nSPS) is 18.4. The molecule has 1 amide bonds. The number of hydrogen-bond donors (Lipinski definition) is 1. The third-order valence-corrected chi connectivity index (χ3v) is 3.42. The SMILES string of the molecule is Cc1ccc(N2CCC(Nc3ncccn3)C2=O)cc1. The molecule has 1 aliphatic heterocycles. The lowest BCUT2D eigenvalue weighted by atomic mass is 10.2. The van der Waals surface area contributed by atoms with Gasteiger partial charge in [-0.1, -0.05) is 17.7 Å². The molecule has 5 heteroatoms. The minimum absolute atomic E-state index is 0.0707. The predicted molar refractivity (Wildman–Crippen MR) is 77.6 cm³/mol. The average molecular weight is 268 g/mol. The van der Waals surface area contributed by atoms with Gasteiger partial charge in [-0.05, 0) is 31.5 Å². The molecule has 1 saturated heterocycles. The van der Waals surface area contributed by atoms with Crippen molar-refractivity contribution in [3.63, 3.8) is 0 Å². The van der Waals surface area contributed by atoms with Crippen LogP contribution >= 0.6 is 0 Å². The smallest absolute Gasteiger partial charge is 0.249 e. The van der Waals surface area contributed by atoms with E-state index < -0.39 is 0 Å². The molecule has 0 radical (unpaired) electrons. The van der Waals surface area contributed by atoms with Gasteiger partial charge in [-0.15, -0.1) is 0 Å². The highest BCUT2D eigenvalue weighted by Gasteiger charge is 2.32. The molecule has 2 heterocycles. The molecule has 0 spiro atoms. The van der Waals surface area contributed by atoms with E-state index in [2.05, 4.69) is 15.3 Å². The Hall–Kier alpha value is -2.43. The van der Waals surface area contributed by atoms with Crippen molar-refractivity contribution < 1.29 is 4.79 Å². The van der Waals surface area contributed by atoms with Crippen molar-refractivity contribution in [1.29, 1.82) is 0 Å². The van der Waals surface area contributed by atoms with Crippen LogP contribution in [0.3, 0.4) is 0 Å². The summed E-state index contributed by atoms with van der Waals surface area (Å²) in [5.41, 5.74) is 2.13. The zero-order valence-corrected chi connectivity index (χ0v) is 11.3. The van der Waals surface area contributed by atoms with Crippen LogP contribution in [0.1, 0.15) is 12.0 Å². The first-order valence-electron chi connectivity index (χ1n) is 6.65. The molecular formula is C15H16N4O. The summed E-state index contributed by atoms with van der Waals surface area (Å²) < 4.78 is 0. The number of carbonyl (C=O) groups is 1. The summed E-state index contributed by atoms with van der Waals surface area (Å²) in [6.45, 7) is 2.75. The minimum Gasteiger partial charge on any atom is -0.342 e. The second-order valence-electron chi connectivity index (χ2n) is 4.88. The Morgan fingerprint density at radius 3 is 2.60 bits per heavy atom. The zero-order valence-electron chi connectivity index (χ0n) is 11.3. The van der Waals surface area contributed by atoms with Crippen LogP contribution in [-0.2, 0) is 4.79 Å². The number of rotatable bonds is 3. The van der Waals surface area contributed by atoms with Gasteiger partial charge in [0.25, 0.3) is 0 Å². The number of carbonyl (C=O) groups excluding carboxylic acids is 1. The van der Waals surface area contributed by atoms with Crippen molar-refractivity contribution in [2.45, 2.75) is 19.4 Å². The predicted octanol–water partition coefficient (Wildman–Crippen LogP) is 2.00. The topological polar surface area (TPSA) is 58.1 Å². The van der Waals surface area contributed by atoms with E-state index in [1.54, 1.807) is 23.4 Å². The Labute approximate surface area is 117 Å². The van der Waals surface area contributed by atoms with E-state index in [1.165, 1.54) is 5.56 Å². The summed E-state index contributed by atoms with van der Waals surface area (Å²) in [5, 5.41) is 3.09. The molecule has 3 rings (SSSR count). The van der Waals surface area contributed by atoms with E-state index in [0.29, 0.717) is 12.5 Å². The maximum Gasteiger partial charge on any atom is 0.249 e. The molecule has 20 heavy (non-hydrogen) atoms. The Balaban J connectivity index is 1.72. The largest absolute Gasteiger partial charge is 0.342 e. The highest BCUT2D eigenvalue weighted by Crippen LogP contribution is 2.23. The fourth-order valence-electron chi connectivity index (χ4n) is 2.32. The van der Waals surface area contributed by atoms with Gasteiger partial charge in [-0.2, -0.15) is 0 Å². The second-order valence-corrected chi connectivity index (χ2v) is 4.88. The molecule has 0 saturated carbocycles. The molecule has 1 aliphatic rings. The van der Waals surface area contributed by atoms with Crippen LogP contribution in [0.25, 0.3) is 0 Å². The molecule has 1 N–H and O–H groups in total. The monoisotopic (exact) mass is 268 g/mol. The van der Waals surface area contributed by atoms with E-state index in [-0.39, 0.29) is 11.9 Å². The van der Waals surface area contributed by atoms with Crippen molar-refractivity contribution >= 4 is 17.5 Å². The maximum atomic E-state index is 12.4. The molecule has 2 aromatic rings. The molecule has 1 aromatic heterocycles. The number of aromatic nitrogens is 2. The van der Waals surface area contributed by atoms with Crippen molar-refractivity contribution in [3.8, 4) is 0 Å². The number of hydrogen-bond acceptors (Lipinski definition) is 4. The average Bonchev–Trinajstić information content (AvgIpc) is 2.83. The number of amides is 1. The van der Waals surface area contributed by atoms with Crippen molar-refractivity contribution in [1.82, 2.24) is 9.97 Å². The molecular weight excluding hydrogens is 252 g/mol. The fourth-order valence-corrected chi connectivity index (χ4v) is 2.32. The molecule has 0 aliphatic carbocycles. The van der Waals surface area contributed by atoms with Gasteiger partial charge in [0.15, 0.2) is 0 Å². The third kappa shape index (κ3) is 2.47.